The molecular formula is C25H16N2O4. The summed E-state index contributed by atoms with van der Waals surface area (Å²) in [5, 5.41) is 29.8. The Morgan fingerprint density at radius 3 is 2.61 bits per heavy atom. The van der Waals surface area contributed by atoms with Crippen LogP contribution in [0.4, 0.5) is 0 Å². The molecule has 5 rings (SSSR count). The Bertz CT molecular complexity index is 1450. The third-order valence-electron chi connectivity index (χ3n) is 5.39. The lowest BCUT2D eigenvalue weighted by Gasteiger charge is -2.06. The van der Waals surface area contributed by atoms with E-state index in [1.807, 2.05) is 48.1 Å². The van der Waals surface area contributed by atoms with Crippen molar-refractivity contribution in [3.8, 4) is 34.4 Å². The number of Topliss-reactive ketones (excluding diaryl/α,β-unsaturated/α-hetero) is 1. The minimum atomic E-state index is -0.444. The van der Waals surface area contributed by atoms with Crippen molar-refractivity contribution in [2.45, 2.75) is 0 Å². The van der Waals surface area contributed by atoms with Crippen LogP contribution < -0.4 is 4.74 Å². The van der Waals surface area contributed by atoms with Gasteiger partial charge >= 0.3 is 0 Å². The highest BCUT2D eigenvalue weighted by atomic mass is 16.5. The third kappa shape index (κ3) is 2.92. The van der Waals surface area contributed by atoms with Gasteiger partial charge in [-0.15, -0.1) is 0 Å². The van der Waals surface area contributed by atoms with E-state index in [0.29, 0.717) is 5.56 Å². The number of aryl methyl sites for hydroxylation is 1. The van der Waals surface area contributed by atoms with Gasteiger partial charge in [0.15, 0.2) is 5.76 Å². The zero-order valence-corrected chi connectivity index (χ0v) is 16.5. The first kappa shape index (κ1) is 18.5. The van der Waals surface area contributed by atoms with Gasteiger partial charge in [0.1, 0.15) is 22.8 Å². The molecule has 150 valence electrons. The molecule has 0 radical (unpaired) electrons. The molecule has 1 aliphatic heterocycles. The standard InChI is InChI=1S/C25H16N2O4/c1-27-13-16(9-22-25(30)24-20(29)10-17(28)11-21(24)31-22)23-18(3-2-4-19(23)27)15-7-5-14(12-26)6-8-15/h2-11,13,28-29H,1H3/b22-9-. The number of allylic oxidation sites excluding steroid dienone is 1. The smallest absolute Gasteiger partial charge is 0.235 e. The molecule has 0 unspecified atom stereocenters. The molecule has 0 aliphatic carbocycles. The number of carbonyl (C=O) groups excluding carboxylic acids is 1. The zero-order chi connectivity index (χ0) is 21.7. The Hall–Kier alpha value is -4.50. The summed E-state index contributed by atoms with van der Waals surface area (Å²) in [6.07, 6.45) is 3.55. The number of aromatic hydroxyl groups is 2. The minimum absolute atomic E-state index is 0.0385. The molecule has 2 N–H and O–H groups in total. The summed E-state index contributed by atoms with van der Waals surface area (Å²) in [5.41, 5.74) is 4.26. The Morgan fingerprint density at radius 2 is 1.87 bits per heavy atom. The Morgan fingerprint density at radius 1 is 1.10 bits per heavy atom. The van der Waals surface area contributed by atoms with Crippen LogP contribution in [0.3, 0.4) is 0 Å². The molecule has 0 spiro atoms. The number of aromatic nitrogens is 1. The molecule has 2 heterocycles. The first-order valence-corrected chi connectivity index (χ1v) is 9.55. The number of hydrogen-bond donors (Lipinski definition) is 2. The van der Waals surface area contributed by atoms with Crippen LogP contribution in [0.1, 0.15) is 21.5 Å². The van der Waals surface area contributed by atoms with Crippen molar-refractivity contribution >= 4 is 22.8 Å². The lowest BCUT2D eigenvalue weighted by atomic mass is 9.98. The van der Waals surface area contributed by atoms with Gasteiger partial charge in [-0.1, -0.05) is 24.3 Å². The average molecular weight is 408 g/mol. The van der Waals surface area contributed by atoms with E-state index in [1.165, 1.54) is 6.07 Å². The maximum absolute atomic E-state index is 12.8. The highest BCUT2D eigenvalue weighted by molar-refractivity contribution is 6.17. The number of nitrogens with zero attached hydrogens (tertiary/aromatic N) is 2. The molecule has 0 atom stereocenters. The van der Waals surface area contributed by atoms with Gasteiger partial charge in [0.2, 0.25) is 5.78 Å². The van der Waals surface area contributed by atoms with E-state index in [-0.39, 0.29) is 28.6 Å². The number of nitriles is 1. The maximum atomic E-state index is 12.8. The minimum Gasteiger partial charge on any atom is -0.508 e. The summed E-state index contributed by atoms with van der Waals surface area (Å²) in [6.45, 7) is 0. The number of hydrogen-bond acceptors (Lipinski definition) is 5. The number of fused-ring (bicyclic) bond motifs is 2. The van der Waals surface area contributed by atoms with E-state index in [0.717, 1.165) is 33.7 Å². The fourth-order valence-electron chi connectivity index (χ4n) is 3.97. The lowest BCUT2D eigenvalue weighted by molar-refractivity contribution is 0.101. The number of benzene rings is 3. The average Bonchev–Trinajstić information content (AvgIpc) is 3.25. The van der Waals surface area contributed by atoms with Crippen molar-refractivity contribution < 1.29 is 19.7 Å². The zero-order valence-electron chi connectivity index (χ0n) is 16.5. The van der Waals surface area contributed by atoms with Gasteiger partial charge in [0, 0.05) is 41.8 Å². The van der Waals surface area contributed by atoms with Crippen LogP contribution in [0.15, 0.2) is 66.6 Å². The van der Waals surface area contributed by atoms with E-state index in [9.17, 15) is 15.0 Å². The molecule has 1 aromatic heterocycles. The second kappa shape index (κ2) is 6.78. The van der Waals surface area contributed by atoms with Crippen molar-refractivity contribution in [3.63, 3.8) is 0 Å². The van der Waals surface area contributed by atoms with Crippen LogP contribution in [0.5, 0.6) is 17.2 Å². The monoisotopic (exact) mass is 408 g/mol. The first-order chi connectivity index (χ1) is 15.0. The third-order valence-corrected chi connectivity index (χ3v) is 5.39. The second-order valence-electron chi connectivity index (χ2n) is 7.36. The van der Waals surface area contributed by atoms with Gasteiger partial charge in [0.25, 0.3) is 0 Å². The van der Waals surface area contributed by atoms with Gasteiger partial charge in [-0.05, 0) is 35.4 Å². The lowest BCUT2D eigenvalue weighted by Crippen LogP contribution is -1.98. The number of phenols is 2. The molecule has 0 amide bonds. The van der Waals surface area contributed by atoms with E-state index in [4.69, 9.17) is 10.00 Å². The van der Waals surface area contributed by atoms with Gasteiger partial charge in [-0.25, -0.2) is 0 Å². The summed E-state index contributed by atoms with van der Waals surface area (Å²) in [6, 6.07) is 17.8. The predicted octanol–water partition coefficient (Wildman–Crippen LogP) is 4.74. The van der Waals surface area contributed by atoms with E-state index < -0.39 is 5.78 Å². The topological polar surface area (TPSA) is 95.5 Å². The maximum Gasteiger partial charge on any atom is 0.235 e. The van der Waals surface area contributed by atoms with E-state index >= 15 is 0 Å². The Labute approximate surface area is 177 Å². The molecule has 0 fully saturated rings. The van der Waals surface area contributed by atoms with E-state index in [1.54, 1.807) is 18.2 Å². The summed E-state index contributed by atoms with van der Waals surface area (Å²) in [7, 11) is 1.92. The van der Waals surface area contributed by atoms with Crippen molar-refractivity contribution in [1.29, 1.82) is 5.26 Å². The predicted molar refractivity (Wildman–Crippen MR) is 116 cm³/mol. The van der Waals surface area contributed by atoms with Crippen LogP contribution in [-0.2, 0) is 7.05 Å². The number of ether oxygens (including phenoxy) is 1. The van der Waals surface area contributed by atoms with Gasteiger partial charge in [-0.3, -0.25) is 4.79 Å². The largest absolute Gasteiger partial charge is 0.508 e. The van der Waals surface area contributed by atoms with Gasteiger partial charge < -0.3 is 19.5 Å². The molecule has 1 aliphatic rings. The summed E-state index contributed by atoms with van der Waals surface area (Å²) in [5.74, 6) is -0.752. The molecule has 4 aromatic rings. The van der Waals surface area contributed by atoms with Crippen LogP contribution in [0.25, 0.3) is 28.1 Å². The Balaban J connectivity index is 1.67. The number of carbonyl (C=O) groups is 1. The van der Waals surface area contributed by atoms with Crippen LogP contribution in [0.2, 0.25) is 0 Å². The molecule has 0 saturated carbocycles. The first-order valence-electron chi connectivity index (χ1n) is 9.55. The van der Waals surface area contributed by atoms with Crippen LogP contribution in [0, 0.1) is 11.3 Å². The van der Waals surface area contributed by atoms with Gasteiger partial charge in [-0.2, -0.15) is 5.26 Å². The summed E-state index contributed by atoms with van der Waals surface area (Å²) in [4.78, 5) is 12.8. The molecule has 3 aromatic carbocycles. The highest BCUT2D eigenvalue weighted by Crippen LogP contribution is 2.41. The molecule has 31 heavy (non-hydrogen) atoms. The SMILES string of the molecule is Cn1cc(/C=C2\Oc3cc(O)cc(O)c3C2=O)c2c(-c3ccc(C#N)cc3)cccc21. The van der Waals surface area contributed by atoms with Crippen molar-refractivity contribution in [2.24, 2.45) is 7.05 Å². The molecule has 0 saturated heterocycles. The Kier molecular flexibility index (Phi) is 4.05. The van der Waals surface area contributed by atoms with Gasteiger partial charge in [0.05, 0.1) is 11.6 Å². The van der Waals surface area contributed by atoms with Crippen LogP contribution in [-0.4, -0.2) is 20.6 Å². The fourth-order valence-corrected chi connectivity index (χ4v) is 3.97. The fraction of sp³-hybridized carbons (Fsp3) is 0.0400. The molecule has 6 nitrogen and oxygen atoms in total. The van der Waals surface area contributed by atoms with Crippen molar-refractivity contribution in [3.05, 3.63) is 83.2 Å². The van der Waals surface area contributed by atoms with E-state index in [2.05, 4.69) is 6.07 Å². The van der Waals surface area contributed by atoms with Crippen molar-refractivity contribution in [1.82, 2.24) is 4.57 Å². The van der Waals surface area contributed by atoms with Crippen LogP contribution >= 0.6 is 0 Å². The quantitative estimate of drug-likeness (QED) is 0.467. The molecule has 0 bridgehead atoms. The summed E-state index contributed by atoms with van der Waals surface area (Å²) < 4.78 is 7.63. The number of rotatable bonds is 2. The molecular weight excluding hydrogens is 392 g/mol. The summed E-state index contributed by atoms with van der Waals surface area (Å²) >= 11 is 0. The van der Waals surface area contributed by atoms with Crippen molar-refractivity contribution in [2.75, 3.05) is 0 Å². The number of ketones is 1. The highest BCUT2D eigenvalue weighted by Gasteiger charge is 2.31. The second-order valence-corrected chi connectivity index (χ2v) is 7.36. The number of phenolic OH excluding ortho intramolecular Hbond substituents is 2. The molecule has 6 heteroatoms. The normalized spacial score (nSPS) is 13.9.